The minimum Gasteiger partial charge on any atom is -0.270 e. The molecule has 1 N–H and O–H groups in total. The Bertz CT molecular complexity index is 687. The van der Waals surface area contributed by atoms with Crippen molar-refractivity contribution in [1.29, 1.82) is 5.26 Å². The van der Waals surface area contributed by atoms with Gasteiger partial charge in [-0.2, -0.15) is 5.26 Å². The van der Waals surface area contributed by atoms with E-state index in [2.05, 4.69) is 15.2 Å². The largest absolute Gasteiger partial charge is 0.343 e. The maximum atomic E-state index is 11.6. The highest BCUT2D eigenvalue weighted by molar-refractivity contribution is 7.99. The molecule has 2 rings (SSSR count). The van der Waals surface area contributed by atoms with Crippen LogP contribution in [0.5, 0.6) is 0 Å². The molecule has 0 saturated heterocycles. The van der Waals surface area contributed by atoms with Gasteiger partial charge in [-0.05, 0) is 24.2 Å². The summed E-state index contributed by atoms with van der Waals surface area (Å²) in [5.74, 6) is 0. The summed E-state index contributed by atoms with van der Waals surface area (Å²) in [5, 5.41) is 16.4. The number of hydrogen-bond donors (Lipinski definition) is 1. The molecule has 2 aromatic rings. The average Bonchev–Trinajstić information content (AvgIpc) is 2.74. The number of pyridine rings is 1. The first-order valence-electron chi connectivity index (χ1n) is 5.55. The summed E-state index contributed by atoms with van der Waals surface area (Å²) in [4.78, 5) is 15.7. The Labute approximate surface area is 118 Å². The molecular weight excluding hydrogens is 286 g/mol. The molecule has 0 aliphatic carbocycles. The summed E-state index contributed by atoms with van der Waals surface area (Å²) in [6, 6.07) is 3.52. The fourth-order valence-corrected chi connectivity index (χ4v) is 2.60. The number of nitrogens with one attached hydrogen (secondary N) is 1. The molecule has 0 amide bonds. The molecular formula is C11H10ClN5OS. The highest BCUT2D eigenvalue weighted by Crippen LogP contribution is 2.31. The molecule has 0 atom stereocenters. The summed E-state index contributed by atoms with van der Waals surface area (Å²) in [5.41, 5.74) is 0.0796. The monoisotopic (exact) mass is 295 g/mol. The van der Waals surface area contributed by atoms with Gasteiger partial charge >= 0.3 is 5.69 Å². The minimum atomic E-state index is -0.267. The van der Waals surface area contributed by atoms with Crippen LogP contribution in [0.15, 0.2) is 27.2 Å². The highest BCUT2D eigenvalue weighted by atomic mass is 35.5. The number of rotatable bonds is 4. The summed E-state index contributed by atoms with van der Waals surface area (Å²) >= 11 is 7.22. The molecule has 0 aromatic carbocycles. The fourth-order valence-electron chi connectivity index (χ4n) is 1.47. The van der Waals surface area contributed by atoms with E-state index in [1.165, 1.54) is 16.8 Å². The van der Waals surface area contributed by atoms with E-state index in [0.717, 1.165) is 18.2 Å². The van der Waals surface area contributed by atoms with E-state index in [9.17, 15) is 4.79 Å². The lowest BCUT2D eigenvalue weighted by atomic mass is 10.3. The van der Waals surface area contributed by atoms with Crippen LogP contribution in [0.3, 0.4) is 0 Å². The zero-order valence-corrected chi connectivity index (χ0v) is 11.6. The van der Waals surface area contributed by atoms with Gasteiger partial charge in [-0.1, -0.05) is 18.5 Å². The van der Waals surface area contributed by atoms with Gasteiger partial charge in [0.15, 0.2) is 5.16 Å². The molecule has 98 valence electrons. The second kappa shape index (κ2) is 5.91. The smallest absolute Gasteiger partial charge is 0.270 e. The lowest BCUT2D eigenvalue weighted by Gasteiger charge is -2.04. The van der Waals surface area contributed by atoms with Gasteiger partial charge in [-0.15, -0.1) is 5.10 Å². The lowest BCUT2D eigenvalue weighted by Crippen LogP contribution is -2.17. The van der Waals surface area contributed by atoms with Gasteiger partial charge in [0.2, 0.25) is 0 Å². The molecule has 0 spiro atoms. The summed E-state index contributed by atoms with van der Waals surface area (Å²) in [7, 11) is 0. The van der Waals surface area contributed by atoms with E-state index in [4.69, 9.17) is 16.9 Å². The van der Waals surface area contributed by atoms with Gasteiger partial charge in [-0.3, -0.25) is 4.57 Å². The Morgan fingerprint density at radius 1 is 1.63 bits per heavy atom. The summed E-state index contributed by atoms with van der Waals surface area (Å²) in [6.07, 6.45) is 2.31. The van der Waals surface area contributed by atoms with Crippen molar-refractivity contribution in [2.45, 2.75) is 30.1 Å². The van der Waals surface area contributed by atoms with Crippen LogP contribution in [-0.2, 0) is 6.54 Å². The molecule has 2 aromatic heterocycles. The van der Waals surface area contributed by atoms with Crippen molar-refractivity contribution in [2.75, 3.05) is 0 Å². The van der Waals surface area contributed by atoms with Gasteiger partial charge < -0.3 is 0 Å². The molecule has 0 saturated carbocycles. The summed E-state index contributed by atoms with van der Waals surface area (Å²) in [6.45, 7) is 2.53. The topological polar surface area (TPSA) is 87.4 Å². The van der Waals surface area contributed by atoms with Crippen LogP contribution >= 0.6 is 23.4 Å². The second-order valence-electron chi connectivity index (χ2n) is 3.65. The van der Waals surface area contributed by atoms with Crippen molar-refractivity contribution in [3.63, 3.8) is 0 Å². The van der Waals surface area contributed by atoms with Gasteiger partial charge in [-0.25, -0.2) is 14.9 Å². The molecule has 8 heteroatoms. The first-order chi connectivity index (χ1) is 9.17. The van der Waals surface area contributed by atoms with Gasteiger partial charge in [0.05, 0.1) is 10.6 Å². The maximum Gasteiger partial charge on any atom is 0.343 e. The van der Waals surface area contributed by atoms with Crippen molar-refractivity contribution >= 4 is 23.4 Å². The third kappa shape index (κ3) is 2.80. The van der Waals surface area contributed by atoms with E-state index in [1.807, 2.05) is 13.0 Å². The molecule has 0 bridgehead atoms. The van der Waals surface area contributed by atoms with Crippen molar-refractivity contribution in [1.82, 2.24) is 19.7 Å². The molecule has 0 aliphatic rings. The van der Waals surface area contributed by atoms with Crippen molar-refractivity contribution in [3.8, 4) is 6.07 Å². The van der Waals surface area contributed by atoms with E-state index < -0.39 is 0 Å². The SMILES string of the molecule is CCCn1c(Sc2nccc(C#N)c2Cl)n[nH]c1=O. The van der Waals surface area contributed by atoms with Crippen LogP contribution in [0.1, 0.15) is 18.9 Å². The number of H-pyrrole nitrogens is 1. The highest BCUT2D eigenvalue weighted by Gasteiger charge is 2.14. The Morgan fingerprint density at radius 2 is 2.42 bits per heavy atom. The Hall–Kier alpha value is -1.78. The normalized spacial score (nSPS) is 10.4. The van der Waals surface area contributed by atoms with Gasteiger partial charge in [0.1, 0.15) is 11.1 Å². The molecule has 2 heterocycles. The van der Waals surface area contributed by atoms with Crippen molar-refractivity contribution in [3.05, 3.63) is 33.3 Å². The van der Waals surface area contributed by atoms with Crippen molar-refractivity contribution < 1.29 is 0 Å². The summed E-state index contributed by atoms with van der Waals surface area (Å²) < 4.78 is 1.52. The predicted octanol–water partition coefficient (Wildman–Crippen LogP) is 2.05. The Balaban J connectivity index is 2.37. The predicted molar refractivity (Wildman–Crippen MR) is 71.2 cm³/mol. The number of nitrogens with zero attached hydrogens (tertiary/aromatic N) is 4. The van der Waals surface area contributed by atoms with Crippen LogP contribution < -0.4 is 5.69 Å². The minimum absolute atomic E-state index is 0.267. The van der Waals surface area contributed by atoms with Crippen LogP contribution in [-0.4, -0.2) is 19.7 Å². The molecule has 0 aliphatic heterocycles. The zero-order valence-electron chi connectivity index (χ0n) is 10.1. The van der Waals surface area contributed by atoms with Crippen LogP contribution in [0.25, 0.3) is 0 Å². The fraction of sp³-hybridized carbons (Fsp3) is 0.273. The lowest BCUT2D eigenvalue weighted by molar-refractivity contribution is 0.603. The third-order valence-corrected chi connectivity index (χ3v) is 3.83. The average molecular weight is 296 g/mol. The van der Waals surface area contributed by atoms with Crippen molar-refractivity contribution in [2.24, 2.45) is 0 Å². The van der Waals surface area contributed by atoms with E-state index >= 15 is 0 Å². The Kier molecular flexibility index (Phi) is 4.24. The molecule has 0 fully saturated rings. The van der Waals surface area contributed by atoms with Crippen LogP contribution in [0.2, 0.25) is 5.02 Å². The molecule has 0 radical (unpaired) electrons. The first kappa shape index (κ1) is 13.6. The number of nitriles is 1. The van der Waals surface area contributed by atoms with E-state index in [1.54, 1.807) is 0 Å². The Morgan fingerprint density at radius 3 is 3.11 bits per heavy atom. The zero-order chi connectivity index (χ0) is 13.8. The standard InChI is InChI=1S/C11H10ClN5OS/c1-2-5-17-10(18)15-16-11(17)19-9-8(12)7(6-13)3-4-14-9/h3-4H,2,5H2,1H3,(H,15,18). The second-order valence-corrected chi connectivity index (χ2v) is 4.99. The number of aromatic nitrogens is 4. The maximum absolute atomic E-state index is 11.6. The first-order valence-corrected chi connectivity index (χ1v) is 6.74. The van der Waals surface area contributed by atoms with Crippen LogP contribution in [0.4, 0.5) is 0 Å². The van der Waals surface area contributed by atoms with Gasteiger partial charge in [0, 0.05) is 12.7 Å². The molecule has 0 unspecified atom stereocenters. The van der Waals surface area contributed by atoms with E-state index in [0.29, 0.717) is 22.3 Å². The van der Waals surface area contributed by atoms with Gasteiger partial charge in [0.25, 0.3) is 0 Å². The number of hydrogen-bond acceptors (Lipinski definition) is 5. The number of halogens is 1. The molecule has 6 nitrogen and oxygen atoms in total. The third-order valence-electron chi connectivity index (χ3n) is 2.34. The molecule has 19 heavy (non-hydrogen) atoms. The number of aromatic amines is 1. The quantitative estimate of drug-likeness (QED) is 0.932. The van der Waals surface area contributed by atoms with E-state index in [-0.39, 0.29) is 10.7 Å². The van der Waals surface area contributed by atoms with Crippen LogP contribution in [0, 0.1) is 11.3 Å².